The molecule has 9 aliphatic carbocycles. The van der Waals surface area contributed by atoms with E-state index in [2.05, 4.69) is 60.3 Å². The first-order valence-electron chi connectivity index (χ1n) is 33.1. The van der Waals surface area contributed by atoms with E-state index in [9.17, 15) is 24.0 Å². The molecule has 22 atom stereocenters. The summed E-state index contributed by atoms with van der Waals surface area (Å²) in [4.78, 5) is 69.0. The van der Waals surface area contributed by atoms with Crippen molar-refractivity contribution in [3.05, 3.63) is 83.4 Å². The van der Waals surface area contributed by atoms with Gasteiger partial charge in [-0.1, -0.05) is 129 Å². The van der Waals surface area contributed by atoms with Gasteiger partial charge in [0.2, 0.25) is 0 Å². The van der Waals surface area contributed by atoms with Crippen LogP contribution >= 0.6 is 0 Å². The molecule has 84 heavy (non-hydrogen) atoms. The van der Waals surface area contributed by atoms with Crippen LogP contribution in [0.1, 0.15) is 196 Å². The number of ketones is 3. The van der Waals surface area contributed by atoms with E-state index in [1.54, 1.807) is 6.92 Å². The van der Waals surface area contributed by atoms with E-state index in [4.69, 9.17) is 18.9 Å². The van der Waals surface area contributed by atoms with Crippen LogP contribution in [0.15, 0.2) is 72.3 Å². The average Bonchev–Trinajstić information content (AvgIpc) is 1.48. The molecule has 12 fully saturated rings. The SMILES string of the molecule is C.CC(=O)CC[C@@]1(C)C(=O)CC[C@H]2[C@@H]3CC[C@]4(O[C@@H]5C[C@H](C)CN(C(=O)OCc6ccccc6)[C@H]5[C@H]4C)[C@]4(C)C[C@]34C[C@@H]21.C[C@H]1C[C@H]2O[C@]3(CC[C@H]4[C@@H]5CCC6=CC(=O)CC[C@]6(C)[C@H]5C[C@@]45C[C@]53C)[C@H](C)[C@@H]2N(C(=O)OCc2ccccc2)C1. The second-order valence-electron chi connectivity index (χ2n) is 31.5. The maximum Gasteiger partial charge on any atom is 0.410 e. The van der Waals surface area contributed by atoms with Crippen molar-refractivity contribution >= 4 is 29.5 Å². The monoisotopic (exact) mass is 1150 g/mol. The Morgan fingerprint density at radius 1 is 0.607 bits per heavy atom. The van der Waals surface area contributed by atoms with Crippen molar-refractivity contribution < 1.29 is 42.9 Å². The highest BCUT2D eigenvalue weighted by Gasteiger charge is 2.86. The lowest BCUT2D eigenvalue weighted by Crippen LogP contribution is -2.56. The van der Waals surface area contributed by atoms with E-state index in [-0.39, 0.29) is 106 Å². The number of carbonyl (C=O) groups excluding carboxylic acids is 5. The van der Waals surface area contributed by atoms with Crippen LogP contribution in [0.25, 0.3) is 0 Å². The number of Topliss-reactive ketones (excluding diaryl/α,β-unsaturated/α-hetero) is 2. The van der Waals surface area contributed by atoms with Gasteiger partial charge in [0.1, 0.15) is 24.8 Å². The van der Waals surface area contributed by atoms with Crippen molar-refractivity contribution in [2.75, 3.05) is 13.1 Å². The summed E-state index contributed by atoms with van der Waals surface area (Å²) >= 11 is 0. The predicted octanol–water partition coefficient (Wildman–Crippen LogP) is 15.0. The third kappa shape index (κ3) is 8.22. The third-order valence-electron chi connectivity index (χ3n) is 28.0. The lowest BCUT2D eigenvalue weighted by atomic mass is 9.56. The molecule has 2 aromatic carbocycles. The summed E-state index contributed by atoms with van der Waals surface area (Å²) < 4.78 is 26.5. The summed E-state index contributed by atoms with van der Waals surface area (Å²) in [7, 11) is 0. The second kappa shape index (κ2) is 20.4. The topological polar surface area (TPSA) is 129 Å². The summed E-state index contributed by atoms with van der Waals surface area (Å²) in [5.74, 6) is 6.01. The molecule has 4 heterocycles. The summed E-state index contributed by atoms with van der Waals surface area (Å²) in [5, 5.41) is 0. The zero-order valence-corrected chi connectivity index (χ0v) is 51.6. The van der Waals surface area contributed by atoms with Gasteiger partial charge in [0.25, 0.3) is 0 Å². The number of amides is 2. The number of likely N-dealkylation sites (tertiary alicyclic amines) is 2. The fourth-order valence-corrected chi connectivity index (χ4v) is 24.0. The summed E-state index contributed by atoms with van der Waals surface area (Å²) in [6.45, 7) is 22.7. The minimum atomic E-state index is -0.387. The number of ether oxygens (including phenoxy) is 4. The zero-order valence-electron chi connectivity index (χ0n) is 51.6. The highest BCUT2D eigenvalue weighted by Crippen LogP contribution is 2.89. The van der Waals surface area contributed by atoms with E-state index in [0.29, 0.717) is 84.9 Å². The van der Waals surface area contributed by atoms with Gasteiger partial charge in [-0.15, -0.1) is 0 Å². The first-order chi connectivity index (χ1) is 39.6. The molecule has 0 aromatic heterocycles. The molecule has 11 heteroatoms. The average molecular weight is 1150 g/mol. The predicted molar refractivity (Wildman–Crippen MR) is 323 cm³/mol. The molecule has 0 unspecified atom stereocenters. The number of piperidine rings is 2. The van der Waals surface area contributed by atoms with Crippen molar-refractivity contribution in [3.8, 4) is 0 Å². The van der Waals surface area contributed by atoms with Crippen LogP contribution in [0.3, 0.4) is 0 Å². The number of benzene rings is 2. The fraction of sp³-hybridized carbons (Fsp3) is 0.740. The van der Waals surface area contributed by atoms with Crippen LogP contribution < -0.4 is 0 Å². The molecule has 4 spiro atoms. The number of rotatable bonds is 7. The Morgan fingerprint density at radius 3 is 1.58 bits per heavy atom. The maximum absolute atomic E-state index is 13.6. The molecule has 0 N–H and O–H groups in total. The summed E-state index contributed by atoms with van der Waals surface area (Å²) in [6.07, 6.45) is 20.1. The molecule has 0 bridgehead atoms. The van der Waals surface area contributed by atoms with E-state index in [1.807, 2.05) is 71.6 Å². The number of fused-ring (bicyclic) bond motifs is 10. The van der Waals surface area contributed by atoms with Crippen molar-refractivity contribution in [2.24, 2.45) is 91.7 Å². The van der Waals surface area contributed by atoms with E-state index >= 15 is 0 Å². The Kier molecular flexibility index (Phi) is 14.2. The minimum Gasteiger partial charge on any atom is -0.445 e. The lowest BCUT2D eigenvalue weighted by Gasteiger charge is -2.50. The molecule has 8 saturated carbocycles. The number of nitrogens with zero attached hydrogens (tertiary/aromatic N) is 2. The van der Waals surface area contributed by atoms with Crippen LogP contribution in [0.4, 0.5) is 9.59 Å². The molecular weight excluding hydrogens is 1050 g/mol. The highest BCUT2D eigenvalue weighted by atomic mass is 16.6. The normalized spacial score (nSPS) is 47.6. The van der Waals surface area contributed by atoms with Gasteiger partial charge < -0.3 is 33.5 Å². The number of carbonyl (C=O) groups is 5. The van der Waals surface area contributed by atoms with E-state index in [1.165, 1.54) is 31.3 Å². The Balaban J connectivity index is 0.000000155. The molecule has 13 aliphatic rings. The first kappa shape index (κ1) is 58.7. The van der Waals surface area contributed by atoms with Gasteiger partial charge in [-0.3, -0.25) is 9.59 Å². The van der Waals surface area contributed by atoms with Gasteiger partial charge in [-0.05, 0) is 184 Å². The lowest BCUT2D eigenvalue weighted by molar-refractivity contribution is -0.148. The third-order valence-corrected chi connectivity index (χ3v) is 28.0. The summed E-state index contributed by atoms with van der Waals surface area (Å²) in [5.41, 5.74) is 3.63. The van der Waals surface area contributed by atoms with Crippen molar-refractivity contribution in [1.82, 2.24) is 9.80 Å². The van der Waals surface area contributed by atoms with Gasteiger partial charge in [-0.2, -0.15) is 0 Å². The molecule has 4 aliphatic heterocycles. The van der Waals surface area contributed by atoms with Crippen molar-refractivity contribution in [3.63, 3.8) is 0 Å². The zero-order chi connectivity index (χ0) is 58.0. The largest absolute Gasteiger partial charge is 0.445 e. The second-order valence-corrected chi connectivity index (χ2v) is 31.5. The highest BCUT2D eigenvalue weighted by molar-refractivity contribution is 5.91. The Hall–Kier alpha value is -4.35. The molecule has 2 aromatic rings. The van der Waals surface area contributed by atoms with Gasteiger partial charge in [-0.25, -0.2) is 9.59 Å². The van der Waals surface area contributed by atoms with Crippen LogP contribution in [-0.2, 0) is 46.5 Å². The standard InChI is InChI=1S/C36H49NO5.C36H47NO4.CH4/c1-22-17-29-31(37(19-22)32(40)41-20-25-9-7-6-8-10-25)24(3)36(42-29)16-14-27-26-11-12-30(39)33(4,15-13-23(2)38)28(26)18-35(27)21-34(35,36)5;1-22-16-30-31(37(19-22)32(39)40-20-24-8-6-5-7-9-24)23(2)36(41-30)15-13-28-27-11-10-25-17-26(38)12-14-33(25,3)29(27)18-35(28)21-34(35,36)4;/h6-10,22,24,26-29,31H,11-21H2,1-5H3;5-9,17,22-23,27-31H,10-16,18-21H2,1-4H3;1H4/t22-,24+,26-,27-,28-,29+,31-,33+,34+,35+,36+;22-,23+,27-,28-,29-,30+,31-,33-,34+,35+,36+;/m00./s1. The van der Waals surface area contributed by atoms with Crippen LogP contribution in [-0.4, -0.2) is 87.9 Å². The number of allylic oxidation sites excluding steroid dienone is 2. The molecule has 456 valence electrons. The van der Waals surface area contributed by atoms with Crippen molar-refractivity contribution in [2.45, 2.75) is 234 Å². The molecule has 0 radical (unpaired) electrons. The number of hydrogen-bond acceptors (Lipinski definition) is 9. The quantitative estimate of drug-likeness (QED) is 0.266. The Morgan fingerprint density at radius 2 is 1.08 bits per heavy atom. The van der Waals surface area contributed by atoms with Gasteiger partial charge in [0.15, 0.2) is 5.78 Å². The van der Waals surface area contributed by atoms with Crippen LogP contribution in [0.2, 0.25) is 0 Å². The minimum absolute atomic E-state index is 0. The Bertz CT molecular complexity index is 2980. The van der Waals surface area contributed by atoms with Crippen LogP contribution in [0.5, 0.6) is 0 Å². The van der Waals surface area contributed by atoms with E-state index in [0.717, 1.165) is 100 Å². The molecule has 11 nitrogen and oxygen atoms in total. The number of hydrogen-bond donors (Lipinski definition) is 0. The smallest absolute Gasteiger partial charge is 0.410 e. The molecule has 2 amide bonds. The maximum atomic E-state index is 13.6. The van der Waals surface area contributed by atoms with Gasteiger partial charge >= 0.3 is 12.2 Å². The Labute approximate surface area is 502 Å². The first-order valence-corrected chi connectivity index (χ1v) is 33.1. The molecule has 15 rings (SSSR count). The van der Waals surface area contributed by atoms with E-state index < -0.39 is 0 Å². The molecular formula is C73H100N2O9. The van der Waals surface area contributed by atoms with Crippen molar-refractivity contribution in [1.29, 1.82) is 0 Å². The van der Waals surface area contributed by atoms with Crippen LogP contribution in [0, 0.1) is 91.7 Å². The fourth-order valence-electron chi connectivity index (χ4n) is 24.0. The molecule has 4 saturated heterocycles. The summed E-state index contributed by atoms with van der Waals surface area (Å²) in [6, 6.07) is 20.0. The van der Waals surface area contributed by atoms with Gasteiger partial charge in [0, 0.05) is 60.4 Å². The van der Waals surface area contributed by atoms with Gasteiger partial charge in [0.05, 0.1) is 35.5 Å².